The Balaban J connectivity index is 2.78. The van der Waals surface area contributed by atoms with Crippen molar-refractivity contribution in [3.05, 3.63) is 40.7 Å². The SMILES string of the molecule is [CH][C@H](CC(=O)OC)c1ccc(Cl)c(Cl)c1. The lowest BCUT2D eigenvalue weighted by Gasteiger charge is -2.10. The first-order valence-corrected chi connectivity index (χ1v) is 5.07. The van der Waals surface area contributed by atoms with Gasteiger partial charge >= 0.3 is 5.97 Å². The van der Waals surface area contributed by atoms with Crippen LogP contribution in [0, 0.1) is 6.92 Å². The molecule has 80 valence electrons. The van der Waals surface area contributed by atoms with Crippen molar-refractivity contribution in [2.24, 2.45) is 0 Å². The lowest BCUT2D eigenvalue weighted by Crippen LogP contribution is -2.06. The summed E-state index contributed by atoms with van der Waals surface area (Å²) in [6.45, 7) is 5.79. The van der Waals surface area contributed by atoms with E-state index in [4.69, 9.17) is 30.1 Å². The molecule has 0 bridgehead atoms. The predicted molar refractivity (Wildman–Crippen MR) is 60.1 cm³/mol. The number of benzene rings is 1. The van der Waals surface area contributed by atoms with E-state index in [0.717, 1.165) is 5.56 Å². The minimum absolute atomic E-state index is 0.120. The second kappa shape index (κ2) is 5.38. The Kier molecular flexibility index (Phi) is 4.43. The molecule has 0 aliphatic rings. The molecule has 0 heterocycles. The van der Waals surface area contributed by atoms with Gasteiger partial charge < -0.3 is 4.74 Å². The van der Waals surface area contributed by atoms with Gasteiger partial charge in [-0.3, -0.25) is 4.79 Å². The maximum atomic E-state index is 11.0. The highest BCUT2D eigenvalue weighted by molar-refractivity contribution is 6.42. The number of methoxy groups -OCH3 is 1. The van der Waals surface area contributed by atoms with E-state index in [1.54, 1.807) is 18.2 Å². The second-order valence-corrected chi connectivity index (χ2v) is 3.87. The van der Waals surface area contributed by atoms with Gasteiger partial charge in [0.15, 0.2) is 0 Å². The van der Waals surface area contributed by atoms with Crippen LogP contribution in [0.3, 0.4) is 0 Å². The highest BCUT2D eigenvalue weighted by Gasteiger charge is 2.12. The molecule has 15 heavy (non-hydrogen) atoms. The Bertz CT molecular complexity index is 364. The van der Waals surface area contributed by atoms with Gasteiger partial charge in [0.05, 0.1) is 23.6 Å². The van der Waals surface area contributed by atoms with E-state index in [-0.39, 0.29) is 12.4 Å². The standard InChI is InChI=1S/C11H10Cl2O2/c1-7(5-11(14)15-2)8-3-4-9(12)10(13)6-8/h1,3-4,6-7H,5H2,2H3/t7-/m1/s1. The Morgan fingerprint density at radius 3 is 2.67 bits per heavy atom. The topological polar surface area (TPSA) is 26.3 Å². The number of esters is 1. The molecular formula is C11H10Cl2O2. The van der Waals surface area contributed by atoms with E-state index in [2.05, 4.69) is 4.74 Å². The van der Waals surface area contributed by atoms with Gasteiger partial charge in [-0.1, -0.05) is 29.3 Å². The van der Waals surface area contributed by atoms with Gasteiger partial charge in [-0.05, 0) is 30.5 Å². The molecule has 1 aromatic rings. The van der Waals surface area contributed by atoms with Crippen molar-refractivity contribution >= 4 is 29.2 Å². The lowest BCUT2D eigenvalue weighted by atomic mass is 9.98. The number of hydrogen-bond donors (Lipinski definition) is 0. The third-order valence-electron chi connectivity index (χ3n) is 1.99. The van der Waals surface area contributed by atoms with Gasteiger partial charge in [0.25, 0.3) is 0 Å². The van der Waals surface area contributed by atoms with Crippen molar-refractivity contribution in [1.82, 2.24) is 0 Å². The molecule has 0 aromatic heterocycles. The van der Waals surface area contributed by atoms with Gasteiger partial charge in [0.2, 0.25) is 0 Å². The summed E-state index contributed by atoms with van der Waals surface area (Å²) in [4.78, 5) is 11.0. The number of ether oxygens (including phenoxy) is 1. The summed E-state index contributed by atoms with van der Waals surface area (Å²) >= 11 is 11.6. The fraction of sp³-hybridized carbons (Fsp3) is 0.273. The summed E-state index contributed by atoms with van der Waals surface area (Å²) in [5, 5.41) is 0.889. The predicted octanol–water partition coefficient (Wildman–Crippen LogP) is 3.35. The zero-order valence-corrected chi connectivity index (χ0v) is 9.68. The minimum atomic E-state index is -0.424. The highest BCUT2D eigenvalue weighted by atomic mass is 35.5. The summed E-state index contributed by atoms with van der Waals surface area (Å²) in [5.41, 5.74) is 0.759. The first kappa shape index (κ1) is 12.3. The van der Waals surface area contributed by atoms with E-state index in [9.17, 15) is 4.79 Å². The quantitative estimate of drug-likeness (QED) is 0.763. The number of carbonyl (C=O) groups excluding carboxylic acids is 1. The molecule has 0 saturated carbocycles. The van der Waals surface area contributed by atoms with Gasteiger partial charge in [-0.15, -0.1) is 0 Å². The first-order valence-electron chi connectivity index (χ1n) is 4.32. The molecule has 1 rings (SSSR count). The number of rotatable bonds is 3. The molecule has 0 saturated heterocycles. The maximum absolute atomic E-state index is 11.0. The largest absolute Gasteiger partial charge is 0.469 e. The van der Waals surface area contributed by atoms with Crippen LogP contribution in [0.25, 0.3) is 0 Å². The van der Waals surface area contributed by atoms with Crippen LogP contribution in [0.2, 0.25) is 10.0 Å². The second-order valence-electron chi connectivity index (χ2n) is 3.06. The summed E-state index contributed by atoms with van der Waals surface area (Å²) in [5.74, 6) is -0.777. The molecule has 1 aromatic carbocycles. The van der Waals surface area contributed by atoms with E-state index in [1.165, 1.54) is 7.11 Å². The van der Waals surface area contributed by atoms with Crippen molar-refractivity contribution in [2.75, 3.05) is 7.11 Å². The smallest absolute Gasteiger partial charge is 0.306 e. The molecule has 0 N–H and O–H groups in total. The van der Waals surface area contributed by atoms with E-state index in [0.29, 0.717) is 10.0 Å². The zero-order chi connectivity index (χ0) is 11.4. The van der Waals surface area contributed by atoms with Crippen LogP contribution in [0.1, 0.15) is 17.9 Å². The van der Waals surface area contributed by atoms with Crippen LogP contribution < -0.4 is 0 Å². The molecule has 0 amide bonds. The van der Waals surface area contributed by atoms with Gasteiger partial charge in [-0.2, -0.15) is 0 Å². The van der Waals surface area contributed by atoms with E-state index in [1.807, 2.05) is 0 Å². The summed E-state index contributed by atoms with van der Waals surface area (Å²) in [6.07, 6.45) is 0.120. The Morgan fingerprint density at radius 2 is 2.13 bits per heavy atom. The zero-order valence-electron chi connectivity index (χ0n) is 8.17. The van der Waals surface area contributed by atoms with Crippen molar-refractivity contribution in [1.29, 1.82) is 0 Å². The van der Waals surface area contributed by atoms with Crippen LogP contribution in [-0.2, 0) is 9.53 Å². The van der Waals surface area contributed by atoms with Gasteiger partial charge in [0.1, 0.15) is 0 Å². The number of hydrogen-bond acceptors (Lipinski definition) is 2. The fourth-order valence-electron chi connectivity index (χ4n) is 1.12. The first-order chi connectivity index (χ1) is 7.04. The van der Waals surface area contributed by atoms with Crippen LogP contribution in [-0.4, -0.2) is 13.1 Å². The average molecular weight is 245 g/mol. The molecular weight excluding hydrogens is 235 g/mol. The van der Waals surface area contributed by atoms with Gasteiger partial charge in [-0.25, -0.2) is 0 Å². The Labute approximate surface area is 99.1 Å². The molecule has 0 spiro atoms. The Hall–Kier alpha value is -0.730. The molecule has 0 unspecified atom stereocenters. The van der Waals surface area contributed by atoms with E-state index < -0.39 is 5.92 Å². The van der Waals surface area contributed by atoms with Crippen LogP contribution >= 0.6 is 23.2 Å². The van der Waals surface area contributed by atoms with Gasteiger partial charge in [0, 0.05) is 0 Å². The average Bonchev–Trinajstić information content (AvgIpc) is 2.21. The van der Waals surface area contributed by atoms with Crippen LogP contribution in [0.15, 0.2) is 18.2 Å². The monoisotopic (exact) mass is 244 g/mol. The summed E-state index contributed by atoms with van der Waals surface area (Å²) in [7, 11) is 1.32. The highest BCUT2D eigenvalue weighted by Crippen LogP contribution is 2.27. The molecule has 0 aliphatic carbocycles. The van der Waals surface area contributed by atoms with Crippen molar-refractivity contribution in [3.63, 3.8) is 0 Å². The third kappa shape index (κ3) is 3.40. The molecule has 0 aliphatic heterocycles. The van der Waals surface area contributed by atoms with Crippen LogP contribution in [0.5, 0.6) is 0 Å². The van der Waals surface area contributed by atoms with E-state index >= 15 is 0 Å². The fourth-order valence-corrected chi connectivity index (χ4v) is 1.43. The molecule has 1 atom stereocenters. The molecule has 2 radical (unpaired) electrons. The molecule has 4 heteroatoms. The van der Waals surface area contributed by atoms with Crippen molar-refractivity contribution in [3.8, 4) is 0 Å². The lowest BCUT2D eigenvalue weighted by molar-refractivity contribution is -0.140. The number of carbonyl (C=O) groups is 1. The minimum Gasteiger partial charge on any atom is -0.469 e. The molecule has 0 fully saturated rings. The maximum Gasteiger partial charge on any atom is 0.306 e. The molecule has 2 nitrogen and oxygen atoms in total. The third-order valence-corrected chi connectivity index (χ3v) is 2.73. The Morgan fingerprint density at radius 1 is 1.47 bits per heavy atom. The van der Waals surface area contributed by atoms with Crippen LogP contribution in [0.4, 0.5) is 0 Å². The number of halogens is 2. The normalized spacial score (nSPS) is 12.3. The van der Waals surface area contributed by atoms with Crippen molar-refractivity contribution < 1.29 is 9.53 Å². The summed E-state index contributed by atoms with van der Waals surface area (Å²) < 4.78 is 4.52. The van der Waals surface area contributed by atoms with Crippen molar-refractivity contribution in [2.45, 2.75) is 12.3 Å². The summed E-state index contributed by atoms with van der Waals surface area (Å²) in [6, 6.07) is 5.04.